The highest BCUT2D eigenvalue weighted by Crippen LogP contribution is 2.29. The Hall–Kier alpha value is -3.62. The Morgan fingerprint density at radius 1 is 1.03 bits per heavy atom. The summed E-state index contributed by atoms with van der Waals surface area (Å²) >= 11 is 11.2. The fourth-order valence-electron chi connectivity index (χ4n) is 2.91. The van der Waals surface area contributed by atoms with E-state index in [1.54, 1.807) is 60.8 Å². The van der Waals surface area contributed by atoms with Crippen LogP contribution in [0.5, 0.6) is 17.2 Å². The van der Waals surface area contributed by atoms with Crippen molar-refractivity contribution in [3.8, 4) is 17.2 Å². The summed E-state index contributed by atoms with van der Waals surface area (Å²) in [7, 11) is 0. The molecule has 35 heavy (non-hydrogen) atoms. The van der Waals surface area contributed by atoms with E-state index >= 15 is 0 Å². The SMILES string of the molecule is CCCOc1ccc(C(=O)Oc2ccc(/C=N/NC(=S)Nc3cccc(Cl)c3)cc2OCC)cc1. The maximum atomic E-state index is 12.6. The number of hydrazone groups is 1. The molecule has 0 aliphatic rings. The second kappa shape index (κ2) is 13.3. The summed E-state index contributed by atoms with van der Waals surface area (Å²) in [6, 6.07) is 19.1. The highest BCUT2D eigenvalue weighted by atomic mass is 35.5. The van der Waals surface area contributed by atoms with Gasteiger partial charge < -0.3 is 19.5 Å². The zero-order valence-corrected chi connectivity index (χ0v) is 21.0. The third-order valence-corrected chi connectivity index (χ3v) is 4.92. The average Bonchev–Trinajstić information content (AvgIpc) is 2.84. The molecule has 2 N–H and O–H groups in total. The summed E-state index contributed by atoms with van der Waals surface area (Å²) in [4.78, 5) is 12.6. The van der Waals surface area contributed by atoms with Crippen molar-refractivity contribution in [2.24, 2.45) is 5.10 Å². The Morgan fingerprint density at radius 3 is 2.54 bits per heavy atom. The van der Waals surface area contributed by atoms with Crippen LogP contribution in [0.4, 0.5) is 5.69 Å². The number of rotatable bonds is 10. The van der Waals surface area contributed by atoms with Gasteiger partial charge >= 0.3 is 5.97 Å². The zero-order valence-electron chi connectivity index (χ0n) is 19.4. The molecular weight excluding hydrogens is 486 g/mol. The summed E-state index contributed by atoms with van der Waals surface area (Å²) in [5, 5.41) is 8.05. The fourth-order valence-corrected chi connectivity index (χ4v) is 3.28. The molecule has 3 rings (SSSR count). The predicted octanol–water partition coefficient (Wildman–Crippen LogP) is 6.07. The van der Waals surface area contributed by atoms with Gasteiger partial charge in [-0.1, -0.05) is 24.6 Å². The van der Waals surface area contributed by atoms with Crippen molar-refractivity contribution in [2.45, 2.75) is 20.3 Å². The van der Waals surface area contributed by atoms with Crippen molar-refractivity contribution in [1.29, 1.82) is 0 Å². The minimum absolute atomic E-state index is 0.310. The molecule has 0 heterocycles. The first-order valence-corrected chi connectivity index (χ1v) is 11.8. The molecule has 0 spiro atoms. The summed E-state index contributed by atoms with van der Waals surface area (Å²) < 4.78 is 16.8. The molecule has 0 unspecified atom stereocenters. The molecule has 0 aromatic heterocycles. The van der Waals surface area contributed by atoms with Gasteiger partial charge in [0.05, 0.1) is 25.0 Å². The minimum Gasteiger partial charge on any atom is -0.494 e. The molecule has 7 nitrogen and oxygen atoms in total. The number of ether oxygens (including phenoxy) is 3. The molecule has 3 aromatic rings. The first-order chi connectivity index (χ1) is 17.0. The molecule has 0 amide bonds. The Labute approximate surface area is 215 Å². The molecular formula is C26H26ClN3O4S. The van der Waals surface area contributed by atoms with Gasteiger partial charge in [-0.05, 0) is 91.8 Å². The van der Waals surface area contributed by atoms with E-state index in [4.69, 9.17) is 38.0 Å². The molecule has 0 atom stereocenters. The maximum Gasteiger partial charge on any atom is 0.343 e. The summed E-state index contributed by atoms with van der Waals surface area (Å²) in [5.41, 5.74) is 4.63. The third-order valence-electron chi connectivity index (χ3n) is 4.50. The third kappa shape index (κ3) is 8.27. The van der Waals surface area contributed by atoms with Crippen LogP contribution in [0.15, 0.2) is 71.8 Å². The Morgan fingerprint density at radius 2 is 1.83 bits per heavy atom. The van der Waals surface area contributed by atoms with Crippen LogP contribution in [0.1, 0.15) is 36.2 Å². The van der Waals surface area contributed by atoms with Crippen LogP contribution in [-0.4, -0.2) is 30.5 Å². The van der Waals surface area contributed by atoms with Crippen LogP contribution in [0.2, 0.25) is 5.02 Å². The van der Waals surface area contributed by atoms with Gasteiger partial charge in [0.25, 0.3) is 0 Å². The van der Waals surface area contributed by atoms with Crippen LogP contribution in [-0.2, 0) is 0 Å². The van der Waals surface area contributed by atoms with Gasteiger partial charge in [0, 0.05) is 10.7 Å². The van der Waals surface area contributed by atoms with Gasteiger partial charge in [-0.3, -0.25) is 5.43 Å². The minimum atomic E-state index is -0.492. The number of thiocarbonyl (C=S) groups is 1. The van der Waals surface area contributed by atoms with Gasteiger partial charge in [-0.25, -0.2) is 4.79 Å². The molecule has 9 heteroatoms. The summed E-state index contributed by atoms with van der Waals surface area (Å²) in [5.74, 6) is 0.949. The van der Waals surface area contributed by atoms with Crippen molar-refractivity contribution in [3.05, 3.63) is 82.9 Å². The van der Waals surface area contributed by atoms with Crippen molar-refractivity contribution in [1.82, 2.24) is 5.43 Å². The van der Waals surface area contributed by atoms with Crippen molar-refractivity contribution in [3.63, 3.8) is 0 Å². The highest BCUT2D eigenvalue weighted by Gasteiger charge is 2.13. The van der Waals surface area contributed by atoms with Gasteiger partial charge in [0.2, 0.25) is 0 Å². The van der Waals surface area contributed by atoms with Crippen LogP contribution >= 0.6 is 23.8 Å². The number of benzene rings is 3. The van der Waals surface area contributed by atoms with E-state index in [2.05, 4.69) is 15.8 Å². The standard InChI is InChI=1S/C26H26ClN3O4S/c1-3-14-33-22-11-9-19(10-12-22)25(31)34-23-13-8-18(15-24(23)32-4-2)17-28-30-26(35)29-21-7-5-6-20(27)16-21/h5-13,15-17H,3-4,14H2,1-2H3,(H2,29,30,35)/b28-17+. The van der Waals surface area contributed by atoms with E-state index in [1.165, 1.54) is 0 Å². The van der Waals surface area contributed by atoms with Crippen LogP contribution < -0.4 is 25.0 Å². The lowest BCUT2D eigenvalue weighted by Crippen LogP contribution is -2.23. The van der Waals surface area contributed by atoms with E-state index in [1.807, 2.05) is 26.0 Å². The van der Waals surface area contributed by atoms with Gasteiger partial charge in [0.1, 0.15) is 5.75 Å². The first-order valence-electron chi connectivity index (χ1n) is 11.1. The van der Waals surface area contributed by atoms with E-state index in [0.29, 0.717) is 46.2 Å². The molecule has 182 valence electrons. The molecule has 0 fully saturated rings. The molecule has 0 bridgehead atoms. The molecule has 0 saturated carbocycles. The van der Waals surface area contributed by atoms with E-state index < -0.39 is 5.97 Å². The molecule has 3 aromatic carbocycles. The number of hydrogen-bond acceptors (Lipinski definition) is 6. The van der Waals surface area contributed by atoms with Crippen LogP contribution in [0.25, 0.3) is 0 Å². The van der Waals surface area contributed by atoms with Crippen LogP contribution in [0, 0.1) is 0 Å². The lowest BCUT2D eigenvalue weighted by Gasteiger charge is -2.12. The smallest absolute Gasteiger partial charge is 0.343 e. The maximum absolute atomic E-state index is 12.6. The fraction of sp³-hybridized carbons (Fsp3) is 0.192. The topological polar surface area (TPSA) is 81.2 Å². The number of esters is 1. The zero-order chi connectivity index (χ0) is 25.0. The normalized spacial score (nSPS) is 10.6. The summed E-state index contributed by atoms with van der Waals surface area (Å²) in [6.45, 7) is 4.91. The van der Waals surface area contributed by atoms with Gasteiger partial charge in [-0.15, -0.1) is 0 Å². The second-order valence-corrected chi connectivity index (χ2v) is 8.08. The second-order valence-electron chi connectivity index (χ2n) is 7.24. The van der Waals surface area contributed by atoms with Gasteiger partial charge in [-0.2, -0.15) is 5.10 Å². The number of hydrogen-bond donors (Lipinski definition) is 2. The summed E-state index contributed by atoms with van der Waals surface area (Å²) in [6.07, 6.45) is 2.49. The largest absolute Gasteiger partial charge is 0.494 e. The Balaban J connectivity index is 1.62. The molecule has 0 radical (unpaired) electrons. The van der Waals surface area contributed by atoms with Crippen molar-refractivity contribution >= 4 is 46.8 Å². The predicted molar refractivity (Wildman–Crippen MR) is 143 cm³/mol. The Kier molecular flexibility index (Phi) is 9.89. The van der Waals surface area contributed by atoms with E-state index in [0.717, 1.165) is 17.7 Å². The highest BCUT2D eigenvalue weighted by molar-refractivity contribution is 7.80. The molecule has 0 aliphatic heterocycles. The molecule has 0 saturated heterocycles. The van der Waals surface area contributed by atoms with E-state index in [-0.39, 0.29) is 0 Å². The number of anilines is 1. The number of nitrogens with zero attached hydrogens (tertiary/aromatic N) is 1. The first kappa shape index (κ1) is 26.0. The number of carbonyl (C=O) groups is 1. The average molecular weight is 512 g/mol. The number of carbonyl (C=O) groups excluding carboxylic acids is 1. The Bertz CT molecular complexity index is 1190. The van der Waals surface area contributed by atoms with Crippen molar-refractivity contribution in [2.75, 3.05) is 18.5 Å². The van der Waals surface area contributed by atoms with Crippen molar-refractivity contribution < 1.29 is 19.0 Å². The lowest BCUT2D eigenvalue weighted by atomic mass is 10.2. The number of halogens is 1. The molecule has 0 aliphatic carbocycles. The van der Waals surface area contributed by atoms with Gasteiger partial charge in [0.15, 0.2) is 16.6 Å². The quantitative estimate of drug-likeness (QED) is 0.112. The monoisotopic (exact) mass is 511 g/mol. The lowest BCUT2D eigenvalue weighted by molar-refractivity contribution is 0.0728. The number of nitrogens with one attached hydrogen (secondary N) is 2. The van der Waals surface area contributed by atoms with Crippen LogP contribution in [0.3, 0.4) is 0 Å². The van der Waals surface area contributed by atoms with E-state index in [9.17, 15) is 4.79 Å².